The Morgan fingerprint density at radius 2 is 2.05 bits per heavy atom. The van der Waals surface area contributed by atoms with E-state index < -0.39 is 23.1 Å². The van der Waals surface area contributed by atoms with Gasteiger partial charge < -0.3 is 20.5 Å². The quantitative estimate of drug-likeness (QED) is 0.353. The highest BCUT2D eigenvalue weighted by atomic mass is 32.1. The van der Waals surface area contributed by atoms with Crippen molar-refractivity contribution in [1.29, 1.82) is 0 Å². The molecular weight excluding hydrogens is 512 g/mol. The molecule has 12 heteroatoms. The molecule has 3 N–H and O–H groups in total. The average molecular weight is 542 g/mol. The number of hydrogen-bond acceptors (Lipinski definition) is 5. The number of nitrogens with two attached hydrogens (primary N) is 1. The van der Waals surface area contributed by atoms with Crippen LogP contribution in [-0.2, 0) is 11.3 Å². The second kappa shape index (κ2) is 10.9. The number of nitrogens with one attached hydrogen (secondary N) is 1. The van der Waals surface area contributed by atoms with E-state index in [1.54, 1.807) is 14.1 Å². The van der Waals surface area contributed by atoms with Crippen molar-refractivity contribution in [3.05, 3.63) is 53.5 Å². The number of likely N-dealkylation sites (tertiary alicyclic amines) is 1. The Morgan fingerprint density at radius 1 is 1.29 bits per heavy atom. The molecule has 0 spiro atoms. The molecule has 0 unspecified atom stereocenters. The van der Waals surface area contributed by atoms with Crippen molar-refractivity contribution in [3.8, 4) is 11.8 Å². The number of fused-ring (bicyclic) bond motifs is 1. The number of anilines is 1. The summed E-state index contributed by atoms with van der Waals surface area (Å²) >= 11 is 0. The van der Waals surface area contributed by atoms with Gasteiger partial charge in [-0.3, -0.25) is 9.59 Å². The van der Waals surface area contributed by atoms with E-state index in [9.17, 15) is 14.0 Å². The monoisotopic (exact) mass is 541 g/mol. The van der Waals surface area contributed by atoms with E-state index in [1.807, 2.05) is 6.92 Å². The van der Waals surface area contributed by atoms with E-state index in [4.69, 9.17) is 5.73 Å². The van der Waals surface area contributed by atoms with Gasteiger partial charge in [-0.25, -0.2) is 18.4 Å². The summed E-state index contributed by atoms with van der Waals surface area (Å²) in [5.74, 6) is 3.41. The van der Waals surface area contributed by atoms with Gasteiger partial charge in [0.1, 0.15) is 22.7 Å². The van der Waals surface area contributed by atoms with Gasteiger partial charge in [-0.15, -0.1) is 0 Å². The lowest BCUT2D eigenvalue weighted by Crippen LogP contribution is -2.27. The number of hydrogen-bond donors (Lipinski definition) is 2. The molecule has 0 bridgehead atoms. The number of benzene rings is 1. The van der Waals surface area contributed by atoms with Crippen LogP contribution in [0.4, 0.5) is 14.6 Å². The maximum atomic E-state index is 15.1. The topological polar surface area (TPSA) is 111 Å². The fraction of sp³-hybridized carbons (Fsp3) is 0.385. The van der Waals surface area contributed by atoms with Gasteiger partial charge in [0.15, 0.2) is 11.5 Å². The highest BCUT2D eigenvalue weighted by molar-refractivity contribution is 7.59. The molecule has 1 atom stereocenters. The van der Waals surface area contributed by atoms with Crippen molar-refractivity contribution >= 4 is 42.2 Å². The number of primary amides is 1. The molecule has 9 nitrogen and oxygen atoms in total. The van der Waals surface area contributed by atoms with Crippen LogP contribution in [0.25, 0.3) is 11.0 Å². The smallest absolute Gasteiger partial charge is 0.255 e. The summed E-state index contributed by atoms with van der Waals surface area (Å²) in [7, 11) is 0. The zero-order valence-electron chi connectivity index (χ0n) is 20.9. The molecule has 1 saturated carbocycles. The Hall–Kier alpha value is -3.85. The molecule has 1 saturated heterocycles. The van der Waals surface area contributed by atoms with Crippen LogP contribution in [0.5, 0.6) is 0 Å². The lowest BCUT2D eigenvalue weighted by molar-refractivity contribution is -0.125. The van der Waals surface area contributed by atoms with Gasteiger partial charge in [-0.2, -0.15) is 18.6 Å². The normalized spacial score (nSPS) is 16.6. The third kappa shape index (κ3) is 4.98. The maximum absolute atomic E-state index is 15.1. The molecule has 200 valence electrons. The molecule has 1 aliphatic carbocycles. The molecule has 0 radical (unpaired) electrons. The predicted octanol–water partition coefficient (Wildman–Crippen LogP) is 2.92. The minimum Gasteiger partial charge on any atom is -0.369 e. The SMILES string of the molecule is C=CC(=O)N1CC[C@H](n2nc(C#Cc3c(F)cc4c(ncn4CC)c3F)c(C(N)=O)c2NCC2CC2)C1.S. The zero-order valence-corrected chi connectivity index (χ0v) is 21.9. The van der Waals surface area contributed by atoms with E-state index in [1.165, 1.54) is 18.5 Å². The molecule has 3 heterocycles. The average Bonchev–Trinajstić information content (AvgIpc) is 3.27. The van der Waals surface area contributed by atoms with Crippen molar-refractivity contribution in [1.82, 2.24) is 24.2 Å². The van der Waals surface area contributed by atoms with Gasteiger partial charge in [-0.05, 0) is 44.1 Å². The van der Waals surface area contributed by atoms with Crippen molar-refractivity contribution < 1.29 is 18.4 Å². The molecule has 38 heavy (non-hydrogen) atoms. The summed E-state index contributed by atoms with van der Waals surface area (Å²) < 4.78 is 33.3. The summed E-state index contributed by atoms with van der Waals surface area (Å²) in [5.41, 5.74) is 5.67. The minimum absolute atomic E-state index is 0. The van der Waals surface area contributed by atoms with Crippen LogP contribution in [-0.4, -0.2) is 55.7 Å². The van der Waals surface area contributed by atoms with E-state index in [0.29, 0.717) is 49.9 Å². The number of carbonyl (C=O) groups excluding carboxylic acids is 2. The Labute approximate surface area is 225 Å². The maximum Gasteiger partial charge on any atom is 0.255 e. The summed E-state index contributed by atoms with van der Waals surface area (Å²) in [4.78, 5) is 30.3. The van der Waals surface area contributed by atoms with Gasteiger partial charge in [0.05, 0.1) is 23.4 Å². The summed E-state index contributed by atoms with van der Waals surface area (Å²) in [6.07, 6.45) is 5.47. The van der Waals surface area contributed by atoms with Gasteiger partial charge >= 0.3 is 0 Å². The fourth-order valence-corrected chi connectivity index (χ4v) is 4.64. The molecule has 2 amide bonds. The standard InChI is InChI=1S/C26H27F2N7O2.H2S/c1-3-21(36)34-10-9-16(13-34)35-26(30-12-15-5-6-15)22(25(29)37)19(32-35)8-7-17-18(27)11-20-24(23(17)28)31-14-33(20)4-2;/h3,11,14-16,30H,1,4-6,9-10,12-13H2,2H3,(H2,29,37);1H2/t16-;/m0./s1. The van der Waals surface area contributed by atoms with E-state index in [0.717, 1.165) is 12.8 Å². The predicted molar refractivity (Wildman–Crippen MR) is 144 cm³/mol. The van der Waals surface area contributed by atoms with E-state index >= 15 is 4.39 Å². The number of rotatable bonds is 7. The van der Waals surface area contributed by atoms with Gasteiger partial charge in [0, 0.05) is 32.2 Å². The van der Waals surface area contributed by atoms with Gasteiger partial charge in [-0.1, -0.05) is 12.5 Å². The van der Waals surface area contributed by atoms with Crippen LogP contribution in [0.1, 0.15) is 53.8 Å². The lowest BCUT2D eigenvalue weighted by Gasteiger charge is -2.17. The molecule has 1 aromatic carbocycles. The summed E-state index contributed by atoms with van der Waals surface area (Å²) in [5, 5.41) is 7.82. The number of carbonyl (C=O) groups is 2. The number of halogens is 2. The molecule has 5 rings (SSSR count). The minimum atomic E-state index is -0.879. The third-order valence-corrected chi connectivity index (χ3v) is 6.86. The van der Waals surface area contributed by atoms with Crippen LogP contribution in [0.3, 0.4) is 0 Å². The summed E-state index contributed by atoms with van der Waals surface area (Å²) in [6, 6.07) is 0.959. The van der Waals surface area contributed by atoms with E-state index in [2.05, 4.69) is 33.8 Å². The molecular formula is C26H29F2N7O2S. The second-order valence-electron chi connectivity index (χ2n) is 9.33. The third-order valence-electron chi connectivity index (χ3n) is 6.86. The number of aryl methyl sites for hydroxylation is 1. The molecule has 2 fully saturated rings. The Balaban J connectivity index is 0.00000336. The second-order valence-corrected chi connectivity index (χ2v) is 9.33. The first-order valence-corrected chi connectivity index (χ1v) is 12.2. The Morgan fingerprint density at radius 3 is 2.71 bits per heavy atom. The fourth-order valence-electron chi connectivity index (χ4n) is 4.64. The zero-order chi connectivity index (χ0) is 26.3. The largest absolute Gasteiger partial charge is 0.369 e. The van der Waals surface area contributed by atoms with Crippen molar-refractivity contribution in [2.75, 3.05) is 25.0 Å². The van der Waals surface area contributed by atoms with Crippen molar-refractivity contribution in [2.45, 2.75) is 38.8 Å². The molecule has 1 aliphatic heterocycles. The Bertz CT molecular complexity index is 1480. The first-order chi connectivity index (χ1) is 17.8. The van der Waals surface area contributed by atoms with Crippen LogP contribution < -0.4 is 11.1 Å². The first-order valence-electron chi connectivity index (χ1n) is 12.2. The number of imidazole rings is 1. The number of aromatic nitrogens is 4. The lowest BCUT2D eigenvalue weighted by atomic mass is 10.1. The highest BCUT2D eigenvalue weighted by Gasteiger charge is 2.32. The molecule has 2 aliphatic rings. The number of amides is 2. The molecule has 3 aromatic rings. The van der Waals surface area contributed by atoms with Gasteiger partial charge in [0.2, 0.25) is 5.91 Å². The van der Waals surface area contributed by atoms with Crippen LogP contribution in [0.15, 0.2) is 25.0 Å². The Kier molecular flexibility index (Phi) is 7.78. The van der Waals surface area contributed by atoms with E-state index in [-0.39, 0.29) is 42.2 Å². The first kappa shape index (κ1) is 27.2. The summed E-state index contributed by atoms with van der Waals surface area (Å²) in [6.45, 7) is 7.39. The van der Waals surface area contributed by atoms with Crippen LogP contribution >= 0.6 is 13.5 Å². The van der Waals surface area contributed by atoms with Crippen molar-refractivity contribution in [2.24, 2.45) is 11.7 Å². The van der Waals surface area contributed by atoms with Crippen LogP contribution in [0.2, 0.25) is 0 Å². The highest BCUT2D eigenvalue weighted by Crippen LogP contribution is 2.33. The van der Waals surface area contributed by atoms with Crippen molar-refractivity contribution in [3.63, 3.8) is 0 Å². The van der Waals surface area contributed by atoms with Crippen LogP contribution in [0, 0.1) is 29.4 Å². The molecule has 2 aromatic heterocycles. The van der Waals surface area contributed by atoms with Gasteiger partial charge in [0.25, 0.3) is 5.91 Å². The number of nitrogens with zero attached hydrogens (tertiary/aromatic N) is 5.